The fourth-order valence-electron chi connectivity index (χ4n) is 3.57. The van der Waals surface area contributed by atoms with Gasteiger partial charge in [-0.25, -0.2) is 4.79 Å². The second-order valence-corrected chi connectivity index (χ2v) is 8.05. The molecular formula is C25H28N2O5. The van der Waals surface area contributed by atoms with Crippen molar-refractivity contribution in [3.63, 3.8) is 0 Å². The first kappa shape index (κ1) is 23.2. The first-order chi connectivity index (χ1) is 15.3. The number of unbranched alkanes of at least 4 members (excludes halogenated alkanes) is 1. The number of imide groups is 1. The standard InChI is InChI=1S/C25H28N2O5/c1-4-5-13-26-23(29)20-12-11-19(14-21(20)24(26)30)25(31)32-16-22(28)27(17(2)3)15-18-9-7-6-8-10-18/h6-12,14,17H,4-5,13,15-16H2,1-3H3. The normalized spacial score (nSPS) is 12.8. The van der Waals surface area contributed by atoms with E-state index in [1.165, 1.54) is 23.1 Å². The number of carbonyl (C=O) groups excluding carboxylic acids is 4. The van der Waals surface area contributed by atoms with E-state index >= 15 is 0 Å². The minimum Gasteiger partial charge on any atom is -0.452 e. The van der Waals surface area contributed by atoms with Crippen molar-refractivity contribution in [2.24, 2.45) is 0 Å². The van der Waals surface area contributed by atoms with Gasteiger partial charge in [-0.3, -0.25) is 19.3 Å². The lowest BCUT2D eigenvalue weighted by Crippen LogP contribution is -2.39. The number of hydrogen-bond donors (Lipinski definition) is 0. The van der Waals surface area contributed by atoms with Crippen molar-refractivity contribution in [3.8, 4) is 0 Å². The maximum Gasteiger partial charge on any atom is 0.338 e. The molecule has 0 atom stereocenters. The maximum absolute atomic E-state index is 12.7. The highest BCUT2D eigenvalue weighted by molar-refractivity contribution is 6.22. The molecule has 0 saturated heterocycles. The molecule has 0 saturated carbocycles. The Morgan fingerprint density at radius 3 is 2.34 bits per heavy atom. The third-order valence-electron chi connectivity index (χ3n) is 5.41. The number of esters is 1. The van der Waals surface area contributed by atoms with E-state index in [2.05, 4.69) is 0 Å². The summed E-state index contributed by atoms with van der Waals surface area (Å²) in [4.78, 5) is 53.1. The molecule has 32 heavy (non-hydrogen) atoms. The van der Waals surface area contributed by atoms with Gasteiger partial charge in [0.25, 0.3) is 17.7 Å². The predicted octanol–water partition coefficient (Wildman–Crippen LogP) is 3.68. The van der Waals surface area contributed by atoms with Gasteiger partial charge in [0.2, 0.25) is 0 Å². The minimum absolute atomic E-state index is 0.0702. The number of ether oxygens (including phenoxy) is 1. The van der Waals surface area contributed by atoms with Crippen molar-refractivity contribution >= 4 is 23.7 Å². The Labute approximate surface area is 188 Å². The molecule has 7 heteroatoms. The molecule has 2 aromatic carbocycles. The lowest BCUT2D eigenvalue weighted by atomic mass is 10.1. The number of nitrogens with zero attached hydrogens (tertiary/aromatic N) is 2. The van der Waals surface area contributed by atoms with Crippen molar-refractivity contribution in [2.75, 3.05) is 13.2 Å². The van der Waals surface area contributed by atoms with Crippen molar-refractivity contribution in [1.29, 1.82) is 0 Å². The molecule has 1 aliphatic rings. The van der Waals surface area contributed by atoms with Crippen LogP contribution in [0.2, 0.25) is 0 Å². The van der Waals surface area contributed by atoms with Gasteiger partial charge in [0, 0.05) is 19.1 Å². The largest absolute Gasteiger partial charge is 0.452 e. The first-order valence-corrected chi connectivity index (χ1v) is 10.8. The Balaban J connectivity index is 1.65. The molecule has 0 bridgehead atoms. The van der Waals surface area contributed by atoms with E-state index in [4.69, 9.17) is 4.74 Å². The zero-order valence-corrected chi connectivity index (χ0v) is 18.7. The number of fused-ring (bicyclic) bond motifs is 1. The summed E-state index contributed by atoms with van der Waals surface area (Å²) in [6.07, 6.45) is 1.58. The van der Waals surface area contributed by atoms with Gasteiger partial charge in [0.1, 0.15) is 0 Å². The monoisotopic (exact) mass is 436 g/mol. The van der Waals surface area contributed by atoms with Gasteiger partial charge in [-0.2, -0.15) is 0 Å². The second kappa shape index (κ2) is 10.2. The molecule has 1 aliphatic heterocycles. The van der Waals surface area contributed by atoms with Crippen molar-refractivity contribution in [2.45, 2.75) is 46.2 Å². The molecule has 0 spiro atoms. The van der Waals surface area contributed by atoms with E-state index in [1.54, 1.807) is 4.90 Å². The zero-order chi connectivity index (χ0) is 23.3. The number of benzene rings is 2. The van der Waals surface area contributed by atoms with Crippen LogP contribution in [-0.2, 0) is 16.1 Å². The highest BCUT2D eigenvalue weighted by Crippen LogP contribution is 2.24. The fourth-order valence-corrected chi connectivity index (χ4v) is 3.57. The van der Waals surface area contributed by atoms with Crippen LogP contribution in [-0.4, -0.2) is 52.7 Å². The molecule has 0 fully saturated rings. The lowest BCUT2D eigenvalue weighted by Gasteiger charge is -2.26. The topological polar surface area (TPSA) is 84.0 Å². The molecule has 0 unspecified atom stereocenters. The van der Waals surface area contributed by atoms with Gasteiger partial charge >= 0.3 is 5.97 Å². The molecule has 2 aromatic rings. The van der Waals surface area contributed by atoms with Crippen LogP contribution >= 0.6 is 0 Å². The SMILES string of the molecule is CCCCN1C(=O)c2ccc(C(=O)OCC(=O)N(Cc3ccccc3)C(C)C)cc2C1=O. The summed E-state index contributed by atoms with van der Waals surface area (Å²) in [6.45, 7) is 6.14. The molecule has 7 nitrogen and oxygen atoms in total. The summed E-state index contributed by atoms with van der Waals surface area (Å²) in [5.74, 6) is -1.77. The molecule has 0 N–H and O–H groups in total. The highest BCUT2D eigenvalue weighted by atomic mass is 16.5. The maximum atomic E-state index is 12.7. The van der Waals surface area contributed by atoms with Crippen LogP contribution in [0.1, 0.15) is 70.3 Å². The molecule has 0 aliphatic carbocycles. The molecular weight excluding hydrogens is 408 g/mol. The van der Waals surface area contributed by atoms with Gasteiger partial charge in [-0.15, -0.1) is 0 Å². The van der Waals surface area contributed by atoms with Crippen LogP contribution in [0.15, 0.2) is 48.5 Å². The Morgan fingerprint density at radius 2 is 1.69 bits per heavy atom. The second-order valence-electron chi connectivity index (χ2n) is 8.05. The van der Waals surface area contributed by atoms with Gasteiger partial charge in [-0.05, 0) is 44.0 Å². The highest BCUT2D eigenvalue weighted by Gasteiger charge is 2.35. The molecule has 3 rings (SSSR count). The predicted molar refractivity (Wildman–Crippen MR) is 119 cm³/mol. The van der Waals surface area contributed by atoms with E-state index in [0.717, 1.165) is 18.4 Å². The Bertz CT molecular complexity index is 1020. The summed E-state index contributed by atoms with van der Waals surface area (Å²) < 4.78 is 5.23. The third kappa shape index (κ3) is 5.04. The summed E-state index contributed by atoms with van der Waals surface area (Å²) in [5.41, 5.74) is 1.59. The van der Waals surface area contributed by atoms with E-state index < -0.39 is 18.5 Å². The smallest absolute Gasteiger partial charge is 0.338 e. The zero-order valence-electron chi connectivity index (χ0n) is 18.7. The molecule has 3 amide bonds. The number of hydrogen-bond acceptors (Lipinski definition) is 5. The van der Waals surface area contributed by atoms with Crippen LogP contribution in [0.25, 0.3) is 0 Å². The first-order valence-electron chi connectivity index (χ1n) is 10.8. The van der Waals surface area contributed by atoms with Crippen LogP contribution < -0.4 is 0 Å². The van der Waals surface area contributed by atoms with Gasteiger partial charge in [-0.1, -0.05) is 43.7 Å². The summed E-state index contributed by atoms with van der Waals surface area (Å²) in [7, 11) is 0. The van der Waals surface area contributed by atoms with E-state index in [-0.39, 0.29) is 34.5 Å². The Hall–Kier alpha value is -3.48. The van der Waals surface area contributed by atoms with E-state index in [1.807, 2.05) is 51.1 Å². The van der Waals surface area contributed by atoms with Crippen LogP contribution in [0.5, 0.6) is 0 Å². The summed E-state index contributed by atoms with van der Waals surface area (Å²) in [5, 5.41) is 0. The van der Waals surface area contributed by atoms with Crippen LogP contribution in [0.4, 0.5) is 0 Å². The van der Waals surface area contributed by atoms with Gasteiger partial charge in [0.15, 0.2) is 6.61 Å². The molecule has 168 valence electrons. The average Bonchev–Trinajstić information content (AvgIpc) is 3.03. The quantitative estimate of drug-likeness (QED) is 0.442. The van der Waals surface area contributed by atoms with Crippen LogP contribution in [0, 0.1) is 0 Å². The van der Waals surface area contributed by atoms with E-state index in [9.17, 15) is 19.2 Å². The summed E-state index contributed by atoms with van der Waals surface area (Å²) in [6, 6.07) is 13.8. The number of amides is 3. The Kier molecular flexibility index (Phi) is 7.41. The van der Waals surface area contributed by atoms with Gasteiger partial charge in [0.05, 0.1) is 16.7 Å². The minimum atomic E-state index is -0.711. The van der Waals surface area contributed by atoms with Crippen molar-refractivity contribution < 1.29 is 23.9 Å². The Morgan fingerprint density at radius 1 is 1.00 bits per heavy atom. The lowest BCUT2D eigenvalue weighted by molar-refractivity contribution is -0.136. The third-order valence-corrected chi connectivity index (χ3v) is 5.41. The molecule has 0 radical (unpaired) electrons. The van der Waals surface area contributed by atoms with Gasteiger partial charge < -0.3 is 9.64 Å². The number of rotatable bonds is 9. The van der Waals surface area contributed by atoms with E-state index in [0.29, 0.717) is 13.1 Å². The fraction of sp³-hybridized carbons (Fsp3) is 0.360. The van der Waals surface area contributed by atoms with Crippen molar-refractivity contribution in [1.82, 2.24) is 9.80 Å². The molecule has 0 aromatic heterocycles. The van der Waals surface area contributed by atoms with Crippen molar-refractivity contribution in [3.05, 3.63) is 70.8 Å². The number of carbonyl (C=O) groups is 4. The summed E-state index contributed by atoms with van der Waals surface area (Å²) >= 11 is 0. The van der Waals surface area contributed by atoms with Crippen LogP contribution in [0.3, 0.4) is 0 Å². The average molecular weight is 437 g/mol. The molecule has 1 heterocycles.